The highest BCUT2D eigenvalue weighted by atomic mass is 16.3. The Hall–Kier alpha value is -1.27. The van der Waals surface area contributed by atoms with Crippen LogP contribution in [0.2, 0.25) is 0 Å². The molecule has 0 aliphatic carbocycles. The molecule has 6 nitrogen and oxygen atoms in total. The van der Waals surface area contributed by atoms with Crippen LogP contribution in [0.15, 0.2) is 0 Å². The van der Waals surface area contributed by atoms with Crippen LogP contribution in [0.4, 0.5) is 0 Å². The summed E-state index contributed by atoms with van der Waals surface area (Å²) in [5, 5.41) is 12.4. The minimum Gasteiger partial charge on any atom is -0.382 e. The number of aliphatic hydroxyl groups is 1. The fraction of sp³-hybridized carbons (Fsp3) is 0.824. The maximum atomic E-state index is 11.8. The summed E-state index contributed by atoms with van der Waals surface area (Å²) < 4.78 is 0.791. The Balaban J connectivity index is 2.18. The molecule has 0 aromatic carbocycles. The van der Waals surface area contributed by atoms with Gasteiger partial charge in [-0.1, -0.05) is 0 Å². The number of carbonyl (C=O) groups is 3. The molecule has 2 N–H and O–H groups in total. The zero-order valence-corrected chi connectivity index (χ0v) is 14.5. The summed E-state index contributed by atoms with van der Waals surface area (Å²) in [4.78, 5) is 33.6. The van der Waals surface area contributed by atoms with Crippen LogP contribution >= 0.6 is 0 Å². The first-order chi connectivity index (χ1) is 10.8. The topological polar surface area (TPSA) is 83.5 Å². The minimum absolute atomic E-state index is 0.0371. The van der Waals surface area contributed by atoms with E-state index in [2.05, 4.69) is 5.32 Å². The van der Waals surface area contributed by atoms with Crippen molar-refractivity contribution in [1.82, 2.24) is 5.32 Å². The fourth-order valence-electron chi connectivity index (χ4n) is 3.22. The van der Waals surface area contributed by atoms with Gasteiger partial charge in [0.05, 0.1) is 19.6 Å². The predicted octanol–water partition coefficient (Wildman–Crippen LogP) is 0.813. The first-order valence-corrected chi connectivity index (χ1v) is 8.62. The summed E-state index contributed by atoms with van der Waals surface area (Å²) >= 11 is 0. The van der Waals surface area contributed by atoms with Crippen LogP contribution in [0.3, 0.4) is 0 Å². The Labute approximate surface area is 138 Å². The molecule has 132 valence electrons. The van der Waals surface area contributed by atoms with Crippen LogP contribution in [-0.2, 0) is 14.4 Å². The molecule has 23 heavy (non-hydrogen) atoms. The number of Topliss-reactive ketones (excluding diaryl/α,β-unsaturated/α-hetero) is 2. The molecule has 1 amide bonds. The second-order valence-corrected chi connectivity index (χ2v) is 6.84. The largest absolute Gasteiger partial charge is 0.382 e. The van der Waals surface area contributed by atoms with Gasteiger partial charge in [0.15, 0.2) is 6.10 Å². The number of nitrogens with one attached hydrogen (secondary N) is 1. The van der Waals surface area contributed by atoms with Gasteiger partial charge in [0.1, 0.15) is 24.7 Å². The van der Waals surface area contributed by atoms with E-state index >= 15 is 0 Å². The molecule has 0 saturated carbocycles. The van der Waals surface area contributed by atoms with Gasteiger partial charge in [-0.3, -0.25) is 9.59 Å². The predicted molar refractivity (Wildman–Crippen MR) is 87.8 cm³/mol. The SMILES string of the molecule is CC(=O)CCCCC(=O)CCC[N+]1(CCNC(C)=O)CC(O)C1. The average Bonchev–Trinajstić information content (AvgIpc) is 2.41. The minimum atomic E-state index is -0.255. The second-order valence-electron chi connectivity index (χ2n) is 6.84. The Kier molecular flexibility index (Phi) is 8.41. The van der Waals surface area contributed by atoms with Crippen molar-refractivity contribution in [1.29, 1.82) is 0 Å². The van der Waals surface area contributed by atoms with E-state index in [4.69, 9.17) is 0 Å². The smallest absolute Gasteiger partial charge is 0.217 e. The van der Waals surface area contributed by atoms with E-state index in [1.165, 1.54) is 6.92 Å². The molecule has 0 radical (unpaired) electrons. The molecule has 0 aromatic rings. The molecule has 1 heterocycles. The molecule has 0 unspecified atom stereocenters. The van der Waals surface area contributed by atoms with Crippen molar-refractivity contribution in [3.05, 3.63) is 0 Å². The van der Waals surface area contributed by atoms with E-state index in [9.17, 15) is 19.5 Å². The molecular weight excluding hydrogens is 296 g/mol. The normalized spacial score (nSPS) is 23.2. The number of likely N-dealkylation sites (tertiary alicyclic amines) is 1. The lowest BCUT2D eigenvalue weighted by atomic mass is 10.0. The molecule has 0 bridgehead atoms. The maximum absolute atomic E-state index is 11.8. The average molecular weight is 327 g/mol. The summed E-state index contributed by atoms with van der Waals surface area (Å²) in [7, 11) is 0. The Morgan fingerprint density at radius 2 is 1.61 bits per heavy atom. The first kappa shape index (κ1) is 19.8. The van der Waals surface area contributed by atoms with Gasteiger partial charge in [-0.2, -0.15) is 0 Å². The van der Waals surface area contributed by atoms with E-state index in [1.54, 1.807) is 6.92 Å². The molecule has 0 atom stereocenters. The molecule has 1 rings (SSSR count). The van der Waals surface area contributed by atoms with Gasteiger partial charge < -0.3 is 19.7 Å². The van der Waals surface area contributed by atoms with Crippen molar-refractivity contribution in [2.75, 3.05) is 32.7 Å². The van der Waals surface area contributed by atoms with Crippen molar-refractivity contribution in [2.24, 2.45) is 0 Å². The molecule has 1 fully saturated rings. The van der Waals surface area contributed by atoms with E-state index in [-0.39, 0.29) is 23.6 Å². The first-order valence-electron chi connectivity index (χ1n) is 8.62. The fourth-order valence-corrected chi connectivity index (χ4v) is 3.22. The summed E-state index contributed by atoms with van der Waals surface area (Å²) in [6, 6.07) is 0. The van der Waals surface area contributed by atoms with Gasteiger partial charge >= 0.3 is 0 Å². The number of amides is 1. The Bertz CT molecular complexity index is 417. The van der Waals surface area contributed by atoms with Crippen molar-refractivity contribution < 1.29 is 24.0 Å². The zero-order valence-electron chi connectivity index (χ0n) is 14.5. The molecule has 1 saturated heterocycles. The lowest BCUT2D eigenvalue weighted by molar-refractivity contribution is -0.971. The van der Waals surface area contributed by atoms with Crippen molar-refractivity contribution in [3.63, 3.8) is 0 Å². The second kappa shape index (κ2) is 9.78. The van der Waals surface area contributed by atoms with Crippen LogP contribution in [0.1, 0.15) is 52.4 Å². The number of hydrogen-bond acceptors (Lipinski definition) is 4. The number of ketones is 2. The highest BCUT2D eigenvalue weighted by Crippen LogP contribution is 2.21. The van der Waals surface area contributed by atoms with Gasteiger partial charge in [-0.15, -0.1) is 0 Å². The van der Waals surface area contributed by atoms with E-state index < -0.39 is 0 Å². The number of hydrogen-bond donors (Lipinski definition) is 2. The molecule has 6 heteroatoms. The van der Waals surface area contributed by atoms with Crippen molar-refractivity contribution in [3.8, 4) is 0 Å². The molecule has 1 aliphatic heterocycles. The van der Waals surface area contributed by atoms with E-state index in [1.807, 2.05) is 0 Å². The van der Waals surface area contributed by atoms with Gasteiger partial charge in [0, 0.05) is 32.6 Å². The molecular formula is C17H31N2O4+. The van der Waals surface area contributed by atoms with Crippen molar-refractivity contribution >= 4 is 17.5 Å². The molecule has 0 spiro atoms. The Morgan fingerprint density at radius 3 is 2.17 bits per heavy atom. The number of carbonyl (C=O) groups excluding carboxylic acids is 3. The third kappa shape index (κ3) is 8.23. The van der Waals surface area contributed by atoms with Crippen LogP contribution in [0.25, 0.3) is 0 Å². The van der Waals surface area contributed by atoms with E-state index in [0.717, 1.165) is 36.8 Å². The highest BCUT2D eigenvalue weighted by Gasteiger charge is 2.42. The molecule has 0 aromatic heterocycles. The lowest BCUT2D eigenvalue weighted by Gasteiger charge is -2.48. The summed E-state index contributed by atoms with van der Waals surface area (Å²) in [5.41, 5.74) is 0. The standard InChI is InChI=1S/C17H30N2O4/c1-14(20)6-3-4-7-16(22)8-5-10-19(12-17(23)13-19)11-9-18-15(2)21/h17,23H,3-13H2,1-2H3/p+1. The number of aliphatic hydroxyl groups excluding tert-OH is 1. The highest BCUT2D eigenvalue weighted by molar-refractivity contribution is 5.78. The summed E-state index contributed by atoms with van der Waals surface area (Å²) in [5.74, 6) is 0.402. The third-order valence-electron chi connectivity index (χ3n) is 4.48. The van der Waals surface area contributed by atoms with Crippen LogP contribution in [0, 0.1) is 0 Å². The van der Waals surface area contributed by atoms with Gasteiger partial charge in [0.2, 0.25) is 5.91 Å². The summed E-state index contributed by atoms with van der Waals surface area (Å²) in [6.07, 6.45) is 3.84. The monoisotopic (exact) mass is 327 g/mol. The maximum Gasteiger partial charge on any atom is 0.217 e. The van der Waals surface area contributed by atoms with Gasteiger partial charge in [-0.25, -0.2) is 0 Å². The number of quaternary nitrogens is 1. The van der Waals surface area contributed by atoms with Crippen LogP contribution in [-0.4, -0.2) is 65.9 Å². The van der Waals surface area contributed by atoms with Crippen molar-refractivity contribution in [2.45, 2.75) is 58.5 Å². The lowest BCUT2D eigenvalue weighted by Crippen LogP contribution is -2.68. The number of rotatable bonds is 12. The van der Waals surface area contributed by atoms with Crippen LogP contribution < -0.4 is 5.32 Å². The third-order valence-corrected chi connectivity index (χ3v) is 4.48. The van der Waals surface area contributed by atoms with Gasteiger partial charge in [0.25, 0.3) is 0 Å². The van der Waals surface area contributed by atoms with E-state index in [0.29, 0.717) is 38.9 Å². The van der Waals surface area contributed by atoms with Gasteiger partial charge in [-0.05, 0) is 19.8 Å². The Morgan fingerprint density at radius 1 is 1.00 bits per heavy atom. The molecule has 1 aliphatic rings. The quantitative estimate of drug-likeness (QED) is 0.410. The number of nitrogens with zero attached hydrogens (tertiary/aromatic N) is 1. The summed E-state index contributed by atoms with van der Waals surface area (Å²) in [6.45, 7) is 6.80. The zero-order chi connectivity index (χ0) is 17.3. The number of unbranched alkanes of at least 4 members (excludes halogenated alkanes) is 1. The van der Waals surface area contributed by atoms with Crippen LogP contribution in [0.5, 0.6) is 0 Å².